The summed E-state index contributed by atoms with van der Waals surface area (Å²) in [5, 5.41) is 20.4. The lowest BCUT2D eigenvalue weighted by atomic mass is 9.88. The number of nitrogens with two attached hydrogens (primary N) is 1. The van der Waals surface area contributed by atoms with Crippen LogP contribution in [-0.4, -0.2) is 37.8 Å². The lowest BCUT2D eigenvalue weighted by molar-refractivity contribution is -0.135. The number of aromatic amines is 1. The first-order valence-electron chi connectivity index (χ1n) is 8.72. The normalized spacial score (nSPS) is 16.0. The largest absolute Gasteiger partial charge is 0.393 e. The number of rotatable bonds is 10. The number of aryl methyl sites for hydroxylation is 1. The molecule has 0 aliphatic heterocycles. The predicted octanol–water partition coefficient (Wildman–Crippen LogP) is 2.03. The van der Waals surface area contributed by atoms with Crippen LogP contribution in [0.4, 0.5) is 4.39 Å². The number of primary amides is 1. The highest BCUT2D eigenvalue weighted by Crippen LogP contribution is 2.28. The van der Waals surface area contributed by atoms with Gasteiger partial charge in [-0.15, -0.1) is 0 Å². The minimum absolute atomic E-state index is 0.154. The van der Waals surface area contributed by atoms with Gasteiger partial charge >= 0.3 is 0 Å². The average Bonchev–Trinajstić information content (AvgIpc) is 3.11. The molecule has 1 aromatic heterocycles. The van der Waals surface area contributed by atoms with Gasteiger partial charge in [0.05, 0.1) is 6.10 Å². The van der Waals surface area contributed by atoms with Crippen LogP contribution in [0.5, 0.6) is 0 Å². The second-order valence-electron chi connectivity index (χ2n) is 6.91. The first-order valence-corrected chi connectivity index (χ1v) is 8.72. The molecule has 1 heterocycles. The highest BCUT2D eigenvalue weighted by Gasteiger charge is 2.30. The van der Waals surface area contributed by atoms with E-state index in [2.05, 4.69) is 9.97 Å². The summed E-state index contributed by atoms with van der Waals surface area (Å²) in [7, 11) is 0. The molecule has 2 aromatic rings. The molecule has 6 nitrogen and oxygen atoms in total. The third-order valence-corrected chi connectivity index (χ3v) is 4.63. The maximum absolute atomic E-state index is 13.2. The zero-order valence-electron chi connectivity index (χ0n) is 14.9. The van der Waals surface area contributed by atoms with Gasteiger partial charge in [-0.1, -0.05) is 12.1 Å². The van der Waals surface area contributed by atoms with Gasteiger partial charge in [-0.2, -0.15) is 0 Å². The van der Waals surface area contributed by atoms with Crippen molar-refractivity contribution in [1.29, 1.82) is 0 Å². The Labute approximate surface area is 152 Å². The Hall–Kier alpha value is -2.25. The molecule has 0 aliphatic rings. The van der Waals surface area contributed by atoms with Gasteiger partial charge in [-0.25, -0.2) is 9.37 Å². The lowest BCUT2D eigenvalue weighted by Gasteiger charge is -2.24. The highest BCUT2D eigenvalue weighted by molar-refractivity contribution is 5.82. The molecule has 0 fully saturated rings. The van der Waals surface area contributed by atoms with E-state index in [0.717, 1.165) is 5.56 Å². The van der Waals surface area contributed by atoms with Crippen molar-refractivity contribution < 1.29 is 19.4 Å². The van der Waals surface area contributed by atoms with Crippen molar-refractivity contribution in [3.8, 4) is 0 Å². The number of hydrogen-bond acceptors (Lipinski definition) is 4. The molecule has 1 amide bonds. The summed E-state index contributed by atoms with van der Waals surface area (Å²) in [5.74, 6) is -0.533. The standard InChI is InChI=1S/C19H26FN3O3/c1-19(26,18(21)25)8-7-14(17-22-9-10-23-17)12-16(24)6-5-13-3-2-4-15(20)11-13/h2-4,9-11,14,16,24,26H,5-8,12H2,1H3,(H2,21,25)(H,22,23)/t14-,16+,19?/m1/s1. The monoisotopic (exact) mass is 363 g/mol. The van der Waals surface area contributed by atoms with Crippen LogP contribution in [0.25, 0.3) is 0 Å². The van der Waals surface area contributed by atoms with Gasteiger partial charge in [0.15, 0.2) is 0 Å². The Bertz CT molecular complexity index is 704. The molecule has 1 unspecified atom stereocenters. The summed E-state index contributed by atoms with van der Waals surface area (Å²) in [6.45, 7) is 1.38. The van der Waals surface area contributed by atoms with Crippen LogP contribution in [-0.2, 0) is 11.2 Å². The van der Waals surface area contributed by atoms with Crippen LogP contribution in [0.3, 0.4) is 0 Å². The minimum atomic E-state index is -1.60. The Morgan fingerprint density at radius 1 is 1.42 bits per heavy atom. The van der Waals surface area contributed by atoms with Crippen molar-refractivity contribution in [1.82, 2.24) is 9.97 Å². The van der Waals surface area contributed by atoms with E-state index in [0.29, 0.717) is 31.5 Å². The highest BCUT2D eigenvalue weighted by atomic mass is 19.1. The van der Waals surface area contributed by atoms with Crippen LogP contribution in [0.2, 0.25) is 0 Å². The zero-order valence-corrected chi connectivity index (χ0v) is 14.9. The summed E-state index contributed by atoms with van der Waals surface area (Å²) in [6.07, 6.45) is 4.76. The van der Waals surface area contributed by atoms with E-state index in [1.54, 1.807) is 18.5 Å². The van der Waals surface area contributed by atoms with E-state index >= 15 is 0 Å². The van der Waals surface area contributed by atoms with Crippen LogP contribution in [0, 0.1) is 5.82 Å². The van der Waals surface area contributed by atoms with Crippen LogP contribution < -0.4 is 5.73 Å². The third kappa shape index (κ3) is 5.93. The molecule has 0 spiro atoms. The van der Waals surface area contributed by atoms with Crippen molar-refractivity contribution in [2.75, 3.05) is 0 Å². The number of benzene rings is 1. The number of carbonyl (C=O) groups is 1. The summed E-state index contributed by atoms with van der Waals surface area (Å²) in [4.78, 5) is 18.5. The molecular formula is C19H26FN3O3. The number of H-pyrrole nitrogens is 1. The van der Waals surface area contributed by atoms with Gasteiger partial charge in [0.25, 0.3) is 0 Å². The number of aliphatic hydroxyl groups is 2. The lowest BCUT2D eigenvalue weighted by Crippen LogP contribution is -2.41. The van der Waals surface area contributed by atoms with Crippen molar-refractivity contribution in [2.24, 2.45) is 5.73 Å². The number of aromatic nitrogens is 2. The third-order valence-electron chi connectivity index (χ3n) is 4.63. The zero-order chi connectivity index (χ0) is 19.2. The second-order valence-corrected chi connectivity index (χ2v) is 6.91. The van der Waals surface area contributed by atoms with Crippen LogP contribution in [0.1, 0.15) is 49.9 Å². The van der Waals surface area contributed by atoms with Crippen molar-refractivity contribution in [3.05, 3.63) is 53.9 Å². The molecule has 7 heteroatoms. The Morgan fingerprint density at radius 3 is 2.81 bits per heavy atom. The molecule has 0 saturated heterocycles. The van der Waals surface area contributed by atoms with Crippen molar-refractivity contribution in [3.63, 3.8) is 0 Å². The summed E-state index contributed by atoms with van der Waals surface area (Å²) >= 11 is 0. The molecule has 0 bridgehead atoms. The fourth-order valence-electron chi connectivity index (χ4n) is 2.92. The van der Waals surface area contributed by atoms with Gasteiger partial charge in [0, 0.05) is 18.3 Å². The summed E-state index contributed by atoms with van der Waals surface area (Å²) in [5.41, 5.74) is 4.44. The molecule has 142 valence electrons. The number of nitrogens with zero attached hydrogens (tertiary/aromatic N) is 1. The number of carbonyl (C=O) groups excluding carboxylic acids is 1. The van der Waals surface area contributed by atoms with Crippen LogP contribution >= 0.6 is 0 Å². The van der Waals surface area contributed by atoms with Crippen LogP contribution in [0.15, 0.2) is 36.7 Å². The first-order chi connectivity index (χ1) is 12.3. The topological polar surface area (TPSA) is 112 Å². The second kappa shape index (κ2) is 8.91. The molecule has 0 radical (unpaired) electrons. The van der Waals surface area contributed by atoms with E-state index in [-0.39, 0.29) is 18.2 Å². The maximum atomic E-state index is 13.2. The molecule has 0 aliphatic carbocycles. The SMILES string of the molecule is CC(O)(CC[C@H](C[C@@H](O)CCc1cccc(F)c1)c1ncc[nH]1)C(N)=O. The van der Waals surface area contributed by atoms with E-state index in [9.17, 15) is 19.4 Å². The molecule has 0 saturated carbocycles. The molecule has 5 N–H and O–H groups in total. The summed E-state index contributed by atoms with van der Waals surface area (Å²) in [6, 6.07) is 6.32. The number of amides is 1. The quantitative estimate of drug-likeness (QED) is 0.517. The fourth-order valence-corrected chi connectivity index (χ4v) is 2.92. The van der Waals surface area contributed by atoms with E-state index in [1.165, 1.54) is 19.1 Å². The predicted molar refractivity (Wildman–Crippen MR) is 95.7 cm³/mol. The average molecular weight is 363 g/mol. The molecule has 3 atom stereocenters. The molecule has 2 rings (SSSR count). The molecule has 1 aromatic carbocycles. The van der Waals surface area contributed by atoms with Gasteiger partial charge in [-0.05, 0) is 56.7 Å². The Balaban J connectivity index is 1.94. The number of aliphatic hydroxyl groups excluding tert-OH is 1. The van der Waals surface area contributed by atoms with E-state index < -0.39 is 17.6 Å². The molecule has 26 heavy (non-hydrogen) atoms. The number of hydrogen-bond donors (Lipinski definition) is 4. The Kier molecular flexibility index (Phi) is 6.88. The smallest absolute Gasteiger partial charge is 0.249 e. The van der Waals surface area contributed by atoms with Gasteiger partial charge in [0.1, 0.15) is 17.2 Å². The van der Waals surface area contributed by atoms with E-state index in [4.69, 9.17) is 5.73 Å². The minimum Gasteiger partial charge on any atom is -0.393 e. The van der Waals surface area contributed by atoms with E-state index in [1.807, 2.05) is 6.07 Å². The Morgan fingerprint density at radius 2 is 2.19 bits per heavy atom. The van der Waals surface area contributed by atoms with Gasteiger partial charge in [0.2, 0.25) is 5.91 Å². The summed E-state index contributed by atoms with van der Waals surface area (Å²) < 4.78 is 13.2. The van der Waals surface area contributed by atoms with Gasteiger partial charge in [-0.3, -0.25) is 4.79 Å². The van der Waals surface area contributed by atoms with Crippen molar-refractivity contribution in [2.45, 2.75) is 56.7 Å². The molecular weight excluding hydrogens is 337 g/mol. The van der Waals surface area contributed by atoms with Crippen molar-refractivity contribution >= 4 is 5.91 Å². The number of imidazole rings is 1. The first kappa shape index (κ1) is 20.1. The number of halogens is 1. The maximum Gasteiger partial charge on any atom is 0.249 e. The number of nitrogens with one attached hydrogen (secondary N) is 1. The fraction of sp³-hybridized carbons (Fsp3) is 0.474. The van der Waals surface area contributed by atoms with Gasteiger partial charge < -0.3 is 20.9 Å².